The summed E-state index contributed by atoms with van der Waals surface area (Å²) in [5.74, 6) is 0.0606. The summed E-state index contributed by atoms with van der Waals surface area (Å²) in [5, 5.41) is 9.33. The Balaban J connectivity index is 1.59. The highest BCUT2D eigenvalue weighted by atomic mass is 35.5. The molecule has 150 valence electrons. The van der Waals surface area contributed by atoms with Crippen LogP contribution < -0.4 is 16.1 Å². The smallest absolute Gasteiger partial charge is 0.272 e. The molecule has 2 aromatic carbocycles. The summed E-state index contributed by atoms with van der Waals surface area (Å²) in [6.45, 7) is 8.10. The number of halogens is 1. The van der Waals surface area contributed by atoms with Crippen molar-refractivity contribution in [3.05, 3.63) is 94.1 Å². The summed E-state index contributed by atoms with van der Waals surface area (Å²) in [7, 11) is 0. The first-order valence-corrected chi connectivity index (χ1v) is 9.68. The van der Waals surface area contributed by atoms with Crippen molar-refractivity contribution in [1.82, 2.24) is 20.1 Å². The number of hydrogen-bond donors (Lipinski definition) is 1. The van der Waals surface area contributed by atoms with Crippen LogP contribution in [0.4, 0.5) is 0 Å². The van der Waals surface area contributed by atoms with Crippen molar-refractivity contribution in [2.45, 2.75) is 13.1 Å². The van der Waals surface area contributed by atoms with Crippen molar-refractivity contribution in [1.29, 1.82) is 0 Å². The van der Waals surface area contributed by atoms with Gasteiger partial charge in [0.15, 0.2) is 11.1 Å². The fourth-order valence-corrected chi connectivity index (χ4v) is 3.27. The fourth-order valence-electron chi connectivity index (χ4n) is 3.15. The number of oxazole rings is 1. The van der Waals surface area contributed by atoms with E-state index in [2.05, 4.69) is 28.6 Å². The lowest BCUT2D eigenvalue weighted by atomic mass is 10.2. The van der Waals surface area contributed by atoms with Crippen molar-refractivity contribution in [3.63, 3.8) is 0 Å². The van der Waals surface area contributed by atoms with E-state index in [9.17, 15) is 4.79 Å². The Bertz CT molecular complexity index is 1340. The third-order valence-electron chi connectivity index (χ3n) is 4.56. The molecular weight excluding hydrogens is 400 g/mol. The van der Waals surface area contributed by atoms with E-state index in [4.69, 9.17) is 16.0 Å². The van der Waals surface area contributed by atoms with Gasteiger partial charge in [-0.3, -0.25) is 9.48 Å². The maximum absolute atomic E-state index is 12.8. The van der Waals surface area contributed by atoms with Crippen LogP contribution in [0.3, 0.4) is 0 Å². The van der Waals surface area contributed by atoms with Crippen molar-refractivity contribution >= 4 is 41.1 Å². The zero-order valence-corrected chi connectivity index (χ0v) is 16.9. The molecule has 0 atom stereocenters. The van der Waals surface area contributed by atoms with Crippen LogP contribution in [0.2, 0.25) is 5.02 Å². The molecule has 0 radical (unpaired) electrons. The number of carbonyl (C=O) groups excluding carboxylic acids is 1. The van der Waals surface area contributed by atoms with Crippen molar-refractivity contribution in [3.8, 4) is 0 Å². The number of aromatic nitrogens is 3. The fraction of sp³-hybridized carbons (Fsp3) is 0.0870. The highest BCUT2D eigenvalue weighted by Crippen LogP contribution is 2.20. The molecule has 0 bridgehead atoms. The number of carbonyl (C=O) groups is 1. The summed E-state index contributed by atoms with van der Waals surface area (Å²) in [5.41, 5.74) is 2.77. The first-order chi connectivity index (χ1) is 14.5. The Morgan fingerprint density at radius 1 is 1.20 bits per heavy atom. The van der Waals surface area contributed by atoms with Crippen molar-refractivity contribution < 1.29 is 9.21 Å². The predicted octanol–water partition coefficient (Wildman–Crippen LogP) is 3.03. The van der Waals surface area contributed by atoms with Gasteiger partial charge < -0.3 is 9.73 Å². The highest BCUT2D eigenvalue weighted by molar-refractivity contribution is 6.30. The number of amides is 1. The van der Waals surface area contributed by atoms with E-state index < -0.39 is 0 Å². The molecule has 0 aliphatic heterocycles. The molecule has 0 aliphatic carbocycles. The normalized spacial score (nSPS) is 11.7. The Morgan fingerprint density at radius 2 is 1.97 bits per heavy atom. The molecule has 0 saturated carbocycles. The number of hydrogen-bond acceptors (Lipinski definition) is 4. The summed E-state index contributed by atoms with van der Waals surface area (Å²) in [4.78, 5) is 17.1. The molecular formula is C23H19ClN4O2. The van der Waals surface area contributed by atoms with E-state index in [0.29, 0.717) is 33.9 Å². The Labute approximate surface area is 177 Å². The van der Waals surface area contributed by atoms with E-state index >= 15 is 0 Å². The van der Waals surface area contributed by atoms with E-state index in [1.807, 2.05) is 53.2 Å². The number of allylic oxidation sites excluding steroid dienone is 1. The van der Waals surface area contributed by atoms with E-state index in [1.165, 1.54) is 0 Å². The minimum absolute atomic E-state index is 0.130. The Kier molecular flexibility index (Phi) is 5.50. The minimum Gasteiger partial charge on any atom is -0.439 e. The van der Waals surface area contributed by atoms with Gasteiger partial charge in [-0.2, -0.15) is 5.10 Å². The first kappa shape index (κ1) is 19.7. The van der Waals surface area contributed by atoms with E-state index in [1.54, 1.807) is 12.2 Å². The van der Waals surface area contributed by atoms with Crippen LogP contribution in [0.25, 0.3) is 23.6 Å². The zero-order valence-electron chi connectivity index (χ0n) is 16.1. The molecule has 0 fully saturated rings. The van der Waals surface area contributed by atoms with Crippen LogP contribution in [0.1, 0.15) is 21.9 Å². The van der Waals surface area contributed by atoms with Crippen molar-refractivity contribution in [2.75, 3.05) is 0 Å². The second-order valence-electron chi connectivity index (χ2n) is 6.65. The van der Waals surface area contributed by atoms with Gasteiger partial charge >= 0.3 is 0 Å². The van der Waals surface area contributed by atoms with Gasteiger partial charge in [0.05, 0.1) is 18.6 Å². The molecule has 6 nitrogen and oxygen atoms in total. The van der Waals surface area contributed by atoms with Gasteiger partial charge in [0.2, 0.25) is 5.89 Å². The van der Waals surface area contributed by atoms with Crippen LogP contribution in [-0.2, 0) is 13.1 Å². The lowest BCUT2D eigenvalue weighted by Gasteiger charge is -2.04. The van der Waals surface area contributed by atoms with Crippen LogP contribution in [0, 0.1) is 0 Å². The molecule has 1 N–H and O–H groups in total. The van der Waals surface area contributed by atoms with Gasteiger partial charge in [-0.25, -0.2) is 4.98 Å². The predicted molar refractivity (Wildman–Crippen MR) is 117 cm³/mol. The number of nitrogens with one attached hydrogen (secondary N) is 1. The number of benzene rings is 2. The van der Waals surface area contributed by atoms with Crippen LogP contribution in [0.5, 0.6) is 0 Å². The average Bonchev–Trinajstić information content (AvgIpc) is 3.29. The SMILES string of the molecule is C=C/C=c1/oc(CNC(=O)c2nn(Cc3ccc(Cl)cc3)c3ccccc23)nc1=C. The average molecular weight is 419 g/mol. The number of fused-ring (bicyclic) bond motifs is 1. The quantitative estimate of drug-likeness (QED) is 0.522. The molecule has 4 aromatic rings. The van der Waals surface area contributed by atoms with Crippen LogP contribution in [0.15, 0.2) is 65.6 Å². The Morgan fingerprint density at radius 3 is 2.73 bits per heavy atom. The summed E-state index contributed by atoms with van der Waals surface area (Å²) >= 11 is 5.97. The molecule has 0 saturated heterocycles. The molecule has 0 aliphatic rings. The second-order valence-corrected chi connectivity index (χ2v) is 7.09. The van der Waals surface area contributed by atoms with Gasteiger partial charge in [-0.1, -0.05) is 61.2 Å². The first-order valence-electron chi connectivity index (χ1n) is 9.31. The topological polar surface area (TPSA) is 73.0 Å². The lowest BCUT2D eigenvalue weighted by molar-refractivity contribution is 0.0943. The second kappa shape index (κ2) is 8.39. The molecule has 4 rings (SSSR count). The standard InChI is InChI=1S/C23H19ClN4O2/c1-3-6-20-15(2)26-21(30-20)13-25-23(29)22-18-7-4-5-8-19(18)28(27-22)14-16-9-11-17(24)12-10-16/h3-12H,1-2,13-14H2,(H,25,29)/b20-6+. The monoisotopic (exact) mass is 418 g/mol. The van der Waals surface area contributed by atoms with E-state index in [0.717, 1.165) is 16.5 Å². The Hall–Kier alpha value is -3.64. The molecule has 0 spiro atoms. The lowest BCUT2D eigenvalue weighted by Crippen LogP contribution is -2.24. The largest absolute Gasteiger partial charge is 0.439 e. The molecule has 2 aromatic heterocycles. The summed E-state index contributed by atoms with van der Waals surface area (Å²) in [6.07, 6.45) is 3.27. The minimum atomic E-state index is -0.306. The summed E-state index contributed by atoms with van der Waals surface area (Å²) < 4.78 is 7.38. The zero-order chi connectivity index (χ0) is 21.1. The van der Waals surface area contributed by atoms with E-state index in [-0.39, 0.29) is 12.5 Å². The third kappa shape index (κ3) is 4.04. The van der Waals surface area contributed by atoms with Crippen LogP contribution in [-0.4, -0.2) is 20.7 Å². The number of nitrogens with zero attached hydrogens (tertiary/aromatic N) is 3. The maximum atomic E-state index is 12.8. The van der Waals surface area contributed by atoms with Gasteiger partial charge in [0.25, 0.3) is 5.91 Å². The number of rotatable bonds is 6. The number of para-hydroxylation sites is 1. The molecule has 2 heterocycles. The van der Waals surface area contributed by atoms with Crippen molar-refractivity contribution in [2.24, 2.45) is 0 Å². The summed E-state index contributed by atoms with van der Waals surface area (Å²) in [6, 6.07) is 15.2. The molecule has 30 heavy (non-hydrogen) atoms. The van der Waals surface area contributed by atoms with Gasteiger partial charge in [-0.05, 0) is 29.8 Å². The maximum Gasteiger partial charge on any atom is 0.272 e. The molecule has 1 amide bonds. The highest BCUT2D eigenvalue weighted by Gasteiger charge is 2.17. The molecule has 0 unspecified atom stereocenters. The van der Waals surface area contributed by atoms with Gasteiger partial charge in [-0.15, -0.1) is 0 Å². The third-order valence-corrected chi connectivity index (χ3v) is 4.81. The van der Waals surface area contributed by atoms with Crippen LogP contribution >= 0.6 is 11.6 Å². The van der Waals surface area contributed by atoms with Gasteiger partial charge in [0.1, 0.15) is 5.35 Å². The molecule has 7 heteroatoms. The van der Waals surface area contributed by atoms with Gasteiger partial charge in [0, 0.05) is 10.4 Å².